The van der Waals surface area contributed by atoms with Crippen molar-refractivity contribution in [2.75, 3.05) is 19.6 Å². The molecule has 1 heterocycles. The monoisotopic (exact) mass is 552 g/mol. The van der Waals surface area contributed by atoms with Gasteiger partial charge in [0.25, 0.3) is 0 Å². The predicted molar refractivity (Wildman–Crippen MR) is 133 cm³/mol. The molecule has 3 aromatic carbocycles. The fraction of sp³-hybridized carbons (Fsp3) is 0.321. The van der Waals surface area contributed by atoms with Crippen LogP contribution >= 0.6 is 0 Å². The van der Waals surface area contributed by atoms with Gasteiger partial charge in [-0.1, -0.05) is 60.2 Å². The van der Waals surface area contributed by atoms with E-state index in [9.17, 15) is 36.2 Å². The standard InChI is InChI=1S/C28H26F6N2O3/c1-18-6-5-7-19(14-18)20-10-11-21(24(15-20)39-22-8-3-2-4-9-22)16-35-12-13-36(26(37)38)23(17-35)25(27(29,30)31)28(32,33)34/h2-11,14-15,23,25H,12-13,16-17H2,1H3,(H,37,38). The second kappa shape index (κ2) is 11.2. The summed E-state index contributed by atoms with van der Waals surface area (Å²) in [5.41, 5.74) is 3.30. The maximum absolute atomic E-state index is 13.6. The molecule has 1 saturated heterocycles. The van der Waals surface area contributed by atoms with E-state index in [2.05, 4.69) is 0 Å². The van der Waals surface area contributed by atoms with Gasteiger partial charge in [0.1, 0.15) is 11.5 Å². The molecule has 1 atom stereocenters. The highest BCUT2D eigenvalue weighted by atomic mass is 19.4. The normalized spacial score (nSPS) is 16.9. The number of ether oxygens (including phenoxy) is 1. The minimum atomic E-state index is -5.67. The van der Waals surface area contributed by atoms with E-state index in [1.165, 1.54) is 4.90 Å². The first kappa shape index (κ1) is 28.3. The Bertz CT molecular complexity index is 1280. The molecule has 4 rings (SSSR count). The molecule has 0 radical (unpaired) electrons. The number of carbonyl (C=O) groups is 1. The largest absolute Gasteiger partial charge is 0.465 e. The van der Waals surface area contributed by atoms with Crippen LogP contribution in [0.25, 0.3) is 11.1 Å². The lowest BCUT2D eigenvalue weighted by molar-refractivity contribution is -0.300. The molecule has 0 bridgehead atoms. The number of nitrogens with zero attached hydrogens (tertiary/aromatic N) is 2. The van der Waals surface area contributed by atoms with Gasteiger partial charge in [0.05, 0.1) is 6.04 Å². The van der Waals surface area contributed by atoms with Crippen molar-refractivity contribution in [3.05, 3.63) is 83.9 Å². The summed E-state index contributed by atoms with van der Waals surface area (Å²) in [6, 6.07) is 19.5. The number of aryl methyl sites for hydroxylation is 1. The minimum absolute atomic E-state index is 0.0390. The van der Waals surface area contributed by atoms with E-state index >= 15 is 0 Å². The van der Waals surface area contributed by atoms with E-state index in [0.717, 1.165) is 16.7 Å². The second-order valence-electron chi connectivity index (χ2n) is 9.45. The van der Waals surface area contributed by atoms with Crippen LogP contribution in [0.1, 0.15) is 11.1 Å². The Morgan fingerprint density at radius 2 is 1.59 bits per heavy atom. The molecule has 0 aromatic heterocycles. The van der Waals surface area contributed by atoms with E-state index in [-0.39, 0.29) is 18.0 Å². The number of piperazine rings is 1. The molecule has 0 aliphatic carbocycles. The molecule has 1 fully saturated rings. The average Bonchev–Trinajstić information content (AvgIpc) is 2.84. The summed E-state index contributed by atoms with van der Waals surface area (Å²) in [4.78, 5) is 13.2. The minimum Gasteiger partial charge on any atom is -0.465 e. The summed E-state index contributed by atoms with van der Waals surface area (Å²) < 4.78 is 87.4. The zero-order chi connectivity index (χ0) is 28.4. The van der Waals surface area contributed by atoms with Crippen molar-refractivity contribution in [1.82, 2.24) is 9.80 Å². The average molecular weight is 553 g/mol. The number of hydrogen-bond donors (Lipinski definition) is 1. The van der Waals surface area contributed by atoms with E-state index in [1.54, 1.807) is 48.5 Å². The topological polar surface area (TPSA) is 53.0 Å². The van der Waals surface area contributed by atoms with E-state index in [1.807, 2.05) is 31.2 Å². The number of carboxylic acid groups (broad SMARTS) is 1. The predicted octanol–water partition coefficient (Wildman–Crippen LogP) is 7.36. The summed E-state index contributed by atoms with van der Waals surface area (Å²) >= 11 is 0. The SMILES string of the molecule is Cc1cccc(-c2ccc(CN3CCN(C(=O)O)C(C(C(F)(F)F)C(F)(F)F)C3)c(Oc3ccccc3)c2)c1. The fourth-order valence-electron chi connectivity index (χ4n) is 4.80. The third-order valence-corrected chi connectivity index (χ3v) is 6.62. The van der Waals surface area contributed by atoms with Crippen LogP contribution in [-0.2, 0) is 6.54 Å². The molecule has 1 aliphatic rings. The lowest BCUT2D eigenvalue weighted by Gasteiger charge is -2.44. The Kier molecular flexibility index (Phi) is 8.10. The number of halogens is 6. The highest BCUT2D eigenvalue weighted by molar-refractivity contribution is 5.67. The Morgan fingerprint density at radius 3 is 2.21 bits per heavy atom. The van der Waals surface area contributed by atoms with E-state index in [4.69, 9.17) is 4.74 Å². The first-order valence-electron chi connectivity index (χ1n) is 12.1. The van der Waals surface area contributed by atoms with Crippen LogP contribution in [0.4, 0.5) is 31.1 Å². The molecular weight excluding hydrogens is 526 g/mol. The summed E-state index contributed by atoms with van der Waals surface area (Å²) in [5.74, 6) is -2.92. The van der Waals surface area contributed by atoms with Gasteiger partial charge in [-0.2, -0.15) is 26.3 Å². The molecule has 0 saturated carbocycles. The zero-order valence-corrected chi connectivity index (χ0v) is 20.8. The lowest BCUT2D eigenvalue weighted by Crippen LogP contribution is -2.62. The van der Waals surface area contributed by atoms with Crippen LogP contribution in [0.15, 0.2) is 72.8 Å². The molecule has 1 amide bonds. The summed E-state index contributed by atoms with van der Waals surface area (Å²) in [6.07, 6.45) is -13.2. The molecule has 11 heteroatoms. The fourth-order valence-corrected chi connectivity index (χ4v) is 4.80. The van der Waals surface area contributed by atoms with Gasteiger partial charge >= 0.3 is 18.4 Å². The maximum atomic E-state index is 13.6. The van der Waals surface area contributed by atoms with Gasteiger partial charge in [-0.15, -0.1) is 0 Å². The zero-order valence-electron chi connectivity index (χ0n) is 20.8. The first-order valence-corrected chi connectivity index (χ1v) is 12.1. The lowest BCUT2D eigenvalue weighted by atomic mass is 9.94. The van der Waals surface area contributed by atoms with Gasteiger partial charge in [0.15, 0.2) is 5.92 Å². The third-order valence-electron chi connectivity index (χ3n) is 6.62. The van der Waals surface area contributed by atoms with Crippen LogP contribution in [0.5, 0.6) is 11.5 Å². The van der Waals surface area contributed by atoms with Crippen molar-refractivity contribution in [1.29, 1.82) is 0 Å². The van der Waals surface area contributed by atoms with Gasteiger partial charge in [-0.05, 0) is 36.2 Å². The van der Waals surface area contributed by atoms with Crippen molar-refractivity contribution in [2.45, 2.75) is 31.9 Å². The number of hydrogen-bond acceptors (Lipinski definition) is 3. The molecule has 39 heavy (non-hydrogen) atoms. The highest BCUT2D eigenvalue weighted by Gasteiger charge is 2.62. The van der Waals surface area contributed by atoms with E-state index in [0.29, 0.717) is 17.1 Å². The van der Waals surface area contributed by atoms with Crippen LogP contribution in [0.3, 0.4) is 0 Å². The summed E-state index contributed by atoms with van der Waals surface area (Å²) in [7, 11) is 0. The number of benzene rings is 3. The first-order chi connectivity index (χ1) is 18.3. The molecule has 1 unspecified atom stereocenters. The summed E-state index contributed by atoms with van der Waals surface area (Å²) in [5, 5.41) is 9.38. The number of amides is 1. The molecule has 3 aromatic rings. The van der Waals surface area contributed by atoms with Crippen molar-refractivity contribution >= 4 is 6.09 Å². The smallest absolute Gasteiger partial charge is 0.407 e. The van der Waals surface area contributed by atoms with Crippen LogP contribution in [-0.4, -0.2) is 59.0 Å². The molecule has 5 nitrogen and oxygen atoms in total. The highest BCUT2D eigenvalue weighted by Crippen LogP contribution is 2.44. The second-order valence-corrected chi connectivity index (χ2v) is 9.45. The molecular formula is C28H26F6N2O3. The summed E-state index contributed by atoms with van der Waals surface area (Å²) in [6.45, 7) is 0.610. The third kappa shape index (κ3) is 6.83. The van der Waals surface area contributed by atoms with Crippen molar-refractivity contribution in [3.8, 4) is 22.6 Å². The Morgan fingerprint density at radius 1 is 0.923 bits per heavy atom. The van der Waals surface area contributed by atoms with Crippen molar-refractivity contribution < 1.29 is 41.0 Å². The van der Waals surface area contributed by atoms with Crippen molar-refractivity contribution in [3.63, 3.8) is 0 Å². The van der Waals surface area contributed by atoms with Crippen LogP contribution in [0, 0.1) is 12.8 Å². The van der Waals surface area contributed by atoms with Crippen LogP contribution < -0.4 is 4.74 Å². The number of para-hydroxylation sites is 1. The Labute approximate surface area is 221 Å². The van der Waals surface area contributed by atoms with Crippen molar-refractivity contribution in [2.24, 2.45) is 5.92 Å². The van der Waals surface area contributed by atoms with E-state index < -0.39 is 43.5 Å². The van der Waals surface area contributed by atoms with Gasteiger partial charge in [-0.25, -0.2) is 4.79 Å². The Hall–Kier alpha value is -3.73. The maximum Gasteiger partial charge on any atom is 0.407 e. The Balaban J connectivity index is 1.67. The molecule has 1 aliphatic heterocycles. The quantitative estimate of drug-likeness (QED) is 0.325. The number of rotatable bonds is 6. The van der Waals surface area contributed by atoms with Gasteiger partial charge in [-0.3, -0.25) is 4.90 Å². The van der Waals surface area contributed by atoms with Gasteiger partial charge < -0.3 is 14.7 Å². The molecule has 0 spiro atoms. The number of alkyl halides is 6. The van der Waals surface area contributed by atoms with Crippen LogP contribution in [0.2, 0.25) is 0 Å². The van der Waals surface area contributed by atoms with Gasteiger partial charge in [0.2, 0.25) is 0 Å². The van der Waals surface area contributed by atoms with Gasteiger partial charge in [0, 0.05) is 31.7 Å². The molecule has 1 N–H and O–H groups in total. The molecule has 208 valence electrons.